The zero-order valence-corrected chi connectivity index (χ0v) is 14.7. The lowest BCUT2D eigenvalue weighted by Crippen LogP contribution is -2.30. The van der Waals surface area contributed by atoms with Gasteiger partial charge in [0.2, 0.25) is 15.9 Å². The van der Waals surface area contributed by atoms with E-state index in [1.807, 2.05) is 0 Å². The van der Waals surface area contributed by atoms with Gasteiger partial charge in [-0.05, 0) is 49.9 Å². The van der Waals surface area contributed by atoms with Crippen molar-refractivity contribution >= 4 is 21.6 Å². The van der Waals surface area contributed by atoms with E-state index in [4.69, 9.17) is 5.73 Å². The number of sulfonamides is 1. The third-order valence-electron chi connectivity index (χ3n) is 4.51. The summed E-state index contributed by atoms with van der Waals surface area (Å²) in [5.74, 6) is 0.0515. The minimum absolute atomic E-state index is 0.0741. The third-order valence-corrected chi connectivity index (χ3v) is 6.47. The maximum atomic E-state index is 12.4. The standard InChI is InChI=1S/C16H25N3O3S/c1-11-7-8-13(9-15(11)23(21,22)19(2)3)18-16(20)14-6-4-5-12(14)10-17/h7-9,12,14H,4-6,10,17H2,1-3H3,(H,18,20)/t12-,14-/m1/s1. The number of nitrogens with one attached hydrogen (secondary N) is 1. The Hall–Kier alpha value is -1.44. The normalized spacial score (nSPS) is 21.6. The highest BCUT2D eigenvalue weighted by Gasteiger charge is 2.32. The molecule has 0 saturated heterocycles. The van der Waals surface area contributed by atoms with Crippen LogP contribution in [0.3, 0.4) is 0 Å². The summed E-state index contributed by atoms with van der Waals surface area (Å²) in [5, 5.41) is 2.85. The number of hydrogen-bond acceptors (Lipinski definition) is 4. The van der Waals surface area contributed by atoms with Crippen LogP contribution in [-0.2, 0) is 14.8 Å². The molecule has 1 amide bonds. The van der Waals surface area contributed by atoms with E-state index in [2.05, 4.69) is 5.32 Å². The minimum Gasteiger partial charge on any atom is -0.330 e. The van der Waals surface area contributed by atoms with Gasteiger partial charge in [0, 0.05) is 25.7 Å². The number of carbonyl (C=O) groups is 1. The van der Waals surface area contributed by atoms with Gasteiger partial charge in [0.05, 0.1) is 4.90 Å². The molecule has 7 heteroatoms. The van der Waals surface area contributed by atoms with Gasteiger partial charge in [0.15, 0.2) is 0 Å². The number of anilines is 1. The lowest BCUT2D eigenvalue weighted by atomic mass is 9.95. The van der Waals surface area contributed by atoms with Crippen molar-refractivity contribution in [3.63, 3.8) is 0 Å². The second-order valence-electron chi connectivity index (χ2n) is 6.29. The summed E-state index contributed by atoms with van der Waals surface area (Å²) in [7, 11) is -0.557. The van der Waals surface area contributed by atoms with Crippen LogP contribution < -0.4 is 11.1 Å². The van der Waals surface area contributed by atoms with E-state index < -0.39 is 10.0 Å². The van der Waals surface area contributed by atoms with E-state index >= 15 is 0 Å². The van der Waals surface area contributed by atoms with E-state index in [-0.39, 0.29) is 22.6 Å². The van der Waals surface area contributed by atoms with Crippen LogP contribution in [0.1, 0.15) is 24.8 Å². The third kappa shape index (κ3) is 3.73. The first-order chi connectivity index (χ1) is 10.8. The highest BCUT2D eigenvalue weighted by Crippen LogP contribution is 2.32. The van der Waals surface area contributed by atoms with E-state index in [1.54, 1.807) is 19.1 Å². The summed E-state index contributed by atoms with van der Waals surface area (Å²) in [6.45, 7) is 2.25. The number of aryl methyl sites for hydroxylation is 1. The molecule has 23 heavy (non-hydrogen) atoms. The maximum Gasteiger partial charge on any atom is 0.242 e. The fraction of sp³-hybridized carbons (Fsp3) is 0.562. The number of amides is 1. The number of rotatable bonds is 5. The first kappa shape index (κ1) is 17.9. The van der Waals surface area contributed by atoms with Gasteiger partial charge in [-0.2, -0.15) is 0 Å². The van der Waals surface area contributed by atoms with Gasteiger partial charge in [-0.25, -0.2) is 12.7 Å². The molecule has 1 aromatic carbocycles. The van der Waals surface area contributed by atoms with E-state index in [0.29, 0.717) is 17.8 Å². The van der Waals surface area contributed by atoms with Crippen molar-refractivity contribution in [1.29, 1.82) is 0 Å². The monoisotopic (exact) mass is 339 g/mol. The topological polar surface area (TPSA) is 92.5 Å². The van der Waals surface area contributed by atoms with E-state index in [1.165, 1.54) is 24.5 Å². The Labute approximate surface area is 138 Å². The van der Waals surface area contributed by atoms with Crippen molar-refractivity contribution in [2.24, 2.45) is 17.6 Å². The van der Waals surface area contributed by atoms with Crippen LogP contribution in [-0.4, -0.2) is 39.3 Å². The number of nitrogens with zero attached hydrogens (tertiary/aromatic N) is 1. The molecule has 1 aromatic rings. The molecule has 0 radical (unpaired) electrons. The molecular formula is C16H25N3O3S. The summed E-state index contributed by atoms with van der Waals surface area (Å²) >= 11 is 0. The van der Waals surface area contributed by atoms with Crippen molar-refractivity contribution in [2.45, 2.75) is 31.1 Å². The van der Waals surface area contributed by atoms with E-state index in [0.717, 1.165) is 19.3 Å². The molecule has 0 aromatic heterocycles. The minimum atomic E-state index is -3.54. The van der Waals surface area contributed by atoms with Crippen LogP contribution >= 0.6 is 0 Å². The Morgan fingerprint density at radius 2 is 2.04 bits per heavy atom. The summed E-state index contributed by atoms with van der Waals surface area (Å²) in [6, 6.07) is 4.96. The van der Waals surface area contributed by atoms with Crippen molar-refractivity contribution in [1.82, 2.24) is 4.31 Å². The van der Waals surface area contributed by atoms with Gasteiger partial charge < -0.3 is 11.1 Å². The Kier molecular flexibility index (Phi) is 5.44. The lowest BCUT2D eigenvalue weighted by Gasteiger charge is -2.19. The number of carbonyl (C=O) groups excluding carboxylic acids is 1. The predicted molar refractivity (Wildman–Crippen MR) is 90.6 cm³/mol. The molecule has 0 unspecified atom stereocenters. The average Bonchev–Trinajstić information content (AvgIpc) is 2.97. The number of benzene rings is 1. The van der Waals surface area contributed by atoms with Crippen molar-refractivity contribution in [3.05, 3.63) is 23.8 Å². The SMILES string of the molecule is Cc1ccc(NC(=O)[C@@H]2CCC[C@@H]2CN)cc1S(=O)(=O)N(C)C. The smallest absolute Gasteiger partial charge is 0.242 e. The average molecular weight is 339 g/mol. The van der Waals surface area contributed by atoms with Gasteiger partial charge in [0.1, 0.15) is 0 Å². The second kappa shape index (κ2) is 6.98. The van der Waals surface area contributed by atoms with Gasteiger partial charge in [-0.3, -0.25) is 4.79 Å². The molecule has 128 valence electrons. The van der Waals surface area contributed by atoms with Gasteiger partial charge in [0.25, 0.3) is 0 Å². The summed E-state index contributed by atoms with van der Waals surface area (Å²) in [6.07, 6.45) is 2.82. The Balaban J connectivity index is 2.23. The fourth-order valence-electron chi connectivity index (χ4n) is 3.05. The molecule has 1 fully saturated rings. The Morgan fingerprint density at radius 3 is 2.65 bits per heavy atom. The highest BCUT2D eigenvalue weighted by atomic mass is 32.2. The molecule has 0 aliphatic heterocycles. The molecule has 0 bridgehead atoms. The Bertz CT molecular complexity index is 686. The molecule has 0 spiro atoms. The zero-order valence-electron chi connectivity index (χ0n) is 13.9. The van der Waals surface area contributed by atoms with Crippen molar-refractivity contribution in [2.75, 3.05) is 26.0 Å². The molecule has 0 heterocycles. The largest absolute Gasteiger partial charge is 0.330 e. The highest BCUT2D eigenvalue weighted by molar-refractivity contribution is 7.89. The molecule has 1 saturated carbocycles. The van der Waals surface area contributed by atoms with Crippen molar-refractivity contribution < 1.29 is 13.2 Å². The van der Waals surface area contributed by atoms with Gasteiger partial charge >= 0.3 is 0 Å². The summed E-state index contributed by atoms with van der Waals surface area (Å²) in [4.78, 5) is 12.6. The van der Waals surface area contributed by atoms with Crippen LogP contribution in [0, 0.1) is 18.8 Å². The summed E-state index contributed by atoms with van der Waals surface area (Å²) in [5.41, 5.74) is 6.88. The molecular weight excluding hydrogens is 314 g/mol. The van der Waals surface area contributed by atoms with Crippen LogP contribution in [0.15, 0.2) is 23.1 Å². The van der Waals surface area contributed by atoms with Gasteiger partial charge in [-0.15, -0.1) is 0 Å². The van der Waals surface area contributed by atoms with E-state index in [9.17, 15) is 13.2 Å². The molecule has 6 nitrogen and oxygen atoms in total. The summed E-state index contributed by atoms with van der Waals surface area (Å²) < 4.78 is 25.9. The van der Waals surface area contributed by atoms with Crippen LogP contribution in [0.4, 0.5) is 5.69 Å². The first-order valence-electron chi connectivity index (χ1n) is 7.81. The second-order valence-corrected chi connectivity index (χ2v) is 8.41. The molecule has 1 aliphatic carbocycles. The molecule has 2 atom stereocenters. The quantitative estimate of drug-likeness (QED) is 0.851. The molecule has 1 aliphatic rings. The molecule has 3 N–H and O–H groups in total. The number of nitrogens with two attached hydrogens (primary N) is 1. The van der Waals surface area contributed by atoms with Crippen LogP contribution in [0.25, 0.3) is 0 Å². The van der Waals surface area contributed by atoms with Gasteiger partial charge in [-0.1, -0.05) is 12.5 Å². The van der Waals surface area contributed by atoms with Crippen LogP contribution in [0.2, 0.25) is 0 Å². The van der Waals surface area contributed by atoms with Crippen LogP contribution in [0.5, 0.6) is 0 Å². The Morgan fingerprint density at radius 1 is 1.35 bits per heavy atom. The first-order valence-corrected chi connectivity index (χ1v) is 9.25. The predicted octanol–water partition coefficient (Wildman–Crippen LogP) is 1.56. The molecule has 2 rings (SSSR count). The zero-order chi connectivity index (χ0) is 17.2. The number of hydrogen-bond donors (Lipinski definition) is 2. The maximum absolute atomic E-state index is 12.4. The fourth-order valence-corrected chi connectivity index (χ4v) is 4.20. The lowest BCUT2D eigenvalue weighted by molar-refractivity contribution is -0.120. The van der Waals surface area contributed by atoms with Crippen molar-refractivity contribution in [3.8, 4) is 0 Å².